The maximum atomic E-state index is 11.6. The minimum Gasteiger partial charge on any atom is -0.508 e. The van der Waals surface area contributed by atoms with E-state index in [2.05, 4.69) is 22.5 Å². The Labute approximate surface area is 120 Å². The van der Waals surface area contributed by atoms with Crippen molar-refractivity contribution in [1.82, 2.24) is 5.32 Å². The molecule has 1 unspecified atom stereocenters. The number of rotatable bonds is 6. The van der Waals surface area contributed by atoms with Crippen molar-refractivity contribution in [2.45, 2.75) is 39.7 Å². The van der Waals surface area contributed by atoms with Gasteiger partial charge in [0.25, 0.3) is 0 Å². The maximum absolute atomic E-state index is 11.6. The van der Waals surface area contributed by atoms with Gasteiger partial charge in [-0.2, -0.15) is 0 Å². The van der Waals surface area contributed by atoms with Crippen LogP contribution in [0.15, 0.2) is 18.2 Å². The molecule has 0 aliphatic carbocycles. The Morgan fingerprint density at radius 2 is 2.20 bits per heavy atom. The molecule has 108 valence electrons. The highest BCUT2D eigenvalue weighted by Crippen LogP contribution is 2.27. The van der Waals surface area contributed by atoms with Gasteiger partial charge in [-0.05, 0) is 38.5 Å². The Hall–Kier alpha value is -1.99. The van der Waals surface area contributed by atoms with Crippen molar-refractivity contribution in [3.63, 3.8) is 0 Å². The molecule has 4 heteroatoms. The normalized spacial score (nSPS) is 11.3. The van der Waals surface area contributed by atoms with E-state index in [1.165, 1.54) is 0 Å². The van der Waals surface area contributed by atoms with E-state index in [1.807, 2.05) is 13.8 Å². The Balaban J connectivity index is 2.79. The standard InChI is InChI=1S/C16H22N2O2/c1-4-6-10-17-12(3)14-11-13(8-9-15(14)19)18-16(20)7-5-2/h8-9,11-12,17,19H,5,7,10H2,1-3H3,(H,18,20). The summed E-state index contributed by atoms with van der Waals surface area (Å²) in [6.07, 6.45) is 1.31. The van der Waals surface area contributed by atoms with Gasteiger partial charge in [0.15, 0.2) is 0 Å². The largest absolute Gasteiger partial charge is 0.508 e. The van der Waals surface area contributed by atoms with Crippen molar-refractivity contribution in [2.24, 2.45) is 0 Å². The van der Waals surface area contributed by atoms with E-state index in [1.54, 1.807) is 25.1 Å². The third kappa shape index (κ3) is 4.94. The van der Waals surface area contributed by atoms with Crippen LogP contribution in [0.2, 0.25) is 0 Å². The fourth-order valence-electron chi connectivity index (χ4n) is 1.83. The second-order valence-electron chi connectivity index (χ2n) is 4.60. The zero-order chi connectivity index (χ0) is 15.0. The van der Waals surface area contributed by atoms with Gasteiger partial charge in [0, 0.05) is 23.7 Å². The van der Waals surface area contributed by atoms with Crippen molar-refractivity contribution in [3.8, 4) is 17.6 Å². The highest BCUT2D eigenvalue weighted by Gasteiger charge is 2.11. The van der Waals surface area contributed by atoms with Crippen LogP contribution in [-0.2, 0) is 4.79 Å². The fraction of sp³-hybridized carbons (Fsp3) is 0.438. The first-order valence-electron chi connectivity index (χ1n) is 6.84. The van der Waals surface area contributed by atoms with Gasteiger partial charge in [-0.3, -0.25) is 10.1 Å². The quantitative estimate of drug-likeness (QED) is 0.552. The summed E-state index contributed by atoms with van der Waals surface area (Å²) in [5.74, 6) is 5.93. The van der Waals surface area contributed by atoms with E-state index in [0.29, 0.717) is 18.7 Å². The summed E-state index contributed by atoms with van der Waals surface area (Å²) >= 11 is 0. The number of aromatic hydroxyl groups is 1. The van der Waals surface area contributed by atoms with Crippen LogP contribution in [0.5, 0.6) is 5.75 Å². The SMILES string of the molecule is CC#CCNC(C)c1cc(NC(=O)CCC)ccc1O. The van der Waals surface area contributed by atoms with E-state index in [9.17, 15) is 9.90 Å². The molecule has 3 N–H and O–H groups in total. The molecular weight excluding hydrogens is 252 g/mol. The van der Waals surface area contributed by atoms with E-state index >= 15 is 0 Å². The lowest BCUT2D eigenvalue weighted by Gasteiger charge is -2.15. The van der Waals surface area contributed by atoms with Gasteiger partial charge in [-0.1, -0.05) is 12.8 Å². The van der Waals surface area contributed by atoms with Crippen molar-refractivity contribution >= 4 is 11.6 Å². The van der Waals surface area contributed by atoms with E-state index in [-0.39, 0.29) is 17.7 Å². The van der Waals surface area contributed by atoms with Gasteiger partial charge in [0.2, 0.25) is 5.91 Å². The third-order valence-corrected chi connectivity index (χ3v) is 2.93. The molecule has 1 atom stereocenters. The molecule has 1 rings (SSSR count). The van der Waals surface area contributed by atoms with Gasteiger partial charge < -0.3 is 10.4 Å². The summed E-state index contributed by atoms with van der Waals surface area (Å²) in [5.41, 5.74) is 1.45. The predicted octanol–water partition coefficient (Wildman–Crippen LogP) is 2.80. The first-order valence-corrected chi connectivity index (χ1v) is 6.84. The monoisotopic (exact) mass is 274 g/mol. The molecule has 1 aromatic rings. The lowest BCUT2D eigenvalue weighted by atomic mass is 10.1. The Kier molecular flexibility index (Phi) is 6.61. The highest BCUT2D eigenvalue weighted by atomic mass is 16.3. The predicted molar refractivity (Wildman–Crippen MR) is 81.5 cm³/mol. The van der Waals surface area contributed by atoms with Crippen LogP contribution < -0.4 is 10.6 Å². The van der Waals surface area contributed by atoms with Crippen LogP contribution in [0.3, 0.4) is 0 Å². The van der Waals surface area contributed by atoms with Gasteiger partial charge in [-0.15, -0.1) is 5.92 Å². The molecule has 0 aromatic heterocycles. The topological polar surface area (TPSA) is 61.4 Å². The van der Waals surface area contributed by atoms with Crippen LogP contribution in [-0.4, -0.2) is 17.6 Å². The number of carbonyl (C=O) groups is 1. The van der Waals surface area contributed by atoms with E-state index in [4.69, 9.17) is 0 Å². The number of phenolic OH excluding ortho intramolecular Hbond substituents is 1. The molecule has 1 aromatic carbocycles. The molecule has 0 fully saturated rings. The summed E-state index contributed by atoms with van der Waals surface area (Å²) in [6.45, 7) is 6.25. The van der Waals surface area contributed by atoms with Crippen LogP contribution in [0.25, 0.3) is 0 Å². The number of hydrogen-bond acceptors (Lipinski definition) is 3. The number of amides is 1. The molecule has 0 aliphatic heterocycles. The van der Waals surface area contributed by atoms with Gasteiger partial charge in [0.1, 0.15) is 5.75 Å². The van der Waals surface area contributed by atoms with Gasteiger partial charge in [0.05, 0.1) is 6.54 Å². The Morgan fingerprint density at radius 3 is 2.85 bits per heavy atom. The zero-order valence-corrected chi connectivity index (χ0v) is 12.3. The molecule has 0 saturated heterocycles. The summed E-state index contributed by atoms with van der Waals surface area (Å²) in [4.78, 5) is 11.6. The van der Waals surface area contributed by atoms with Crippen LogP contribution >= 0.6 is 0 Å². The first-order chi connectivity index (χ1) is 9.58. The Morgan fingerprint density at radius 1 is 1.45 bits per heavy atom. The molecule has 4 nitrogen and oxygen atoms in total. The summed E-state index contributed by atoms with van der Waals surface area (Å²) in [6, 6.07) is 5.05. The fourth-order valence-corrected chi connectivity index (χ4v) is 1.83. The molecule has 0 radical (unpaired) electrons. The smallest absolute Gasteiger partial charge is 0.224 e. The lowest BCUT2D eigenvalue weighted by Crippen LogP contribution is -2.19. The number of carbonyl (C=O) groups excluding carboxylic acids is 1. The number of anilines is 1. The molecule has 0 bridgehead atoms. The number of hydrogen-bond donors (Lipinski definition) is 3. The van der Waals surface area contributed by atoms with Crippen LogP contribution in [0.4, 0.5) is 5.69 Å². The van der Waals surface area contributed by atoms with Crippen LogP contribution in [0, 0.1) is 11.8 Å². The van der Waals surface area contributed by atoms with Crippen molar-refractivity contribution in [1.29, 1.82) is 0 Å². The summed E-state index contributed by atoms with van der Waals surface area (Å²) in [5, 5.41) is 15.9. The third-order valence-electron chi connectivity index (χ3n) is 2.93. The van der Waals surface area contributed by atoms with Crippen molar-refractivity contribution in [2.75, 3.05) is 11.9 Å². The molecule has 1 amide bonds. The second kappa shape index (κ2) is 8.23. The second-order valence-corrected chi connectivity index (χ2v) is 4.60. The first kappa shape index (κ1) is 16.1. The summed E-state index contributed by atoms with van der Waals surface area (Å²) in [7, 11) is 0. The average Bonchev–Trinajstić information content (AvgIpc) is 2.41. The van der Waals surface area contributed by atoms with E-state index in [0.717, 1.165) is 12.0 Å². The molecule has 0 saturated carbocycles. The molecule has 20 heavy (non-hydrogen) atoms. The lowest BCUT2D eigenvalue weighted by molar-refractivity contribution is -0.116. The van der Waals surface area contributed by atoms with Gasteiger partial charge in [-0.25, -0.2) is 0 Å². The minimum absolute atomic E-state index is 0.0124. The molecular formula is C16H22N2O2. The highest BCUT2D eigenvalue weighted by molar-refractivity contribution is 5.90. The number of phenols is 1. The molecule has 0 aliphatic rings. The van der Waals surface area contributed by atoms with Crippen molar-refractivity contribution in [3.05, 3.63) is 23.8 Å². The van der Waals surface area contributed by atoms with Crippen LogP contribution in [0.1, 0.15) is 45.2 Å². The number of nitrogens with one attached hydrogen (secondary N) is 2. The number of benzene rings is 1. The summed E-state index contributed by atoms with van der Waals surface area (Å²) < 4.78 is 0. The minimum atomic E-state index is -0.0427. The molecule has 0 heterocycles. The molecule has 0 spiro atoms. The average molecular weight is 274 g/mol. The van der Waals surface area contributed by atoms with Crippen molar-refractivity contribution < 1.29 is 9.90 Å². The zero-order valence-electron chi connectivity index (χ0n) is 12.3. The van der Waals surface area contributed by atoms with E-state index < -0.39 is 0 Å². The van der Waals surface area contributed by atoms with Gasteiger partial charge >= 0.3 is 0 Å². The maximum Gasteiger partial charge on any atom is 0.224 e. The Bertz CT molecular complexity index is 515.